The molecule has 0 aliphatic rings. The summed E-state index contributed by atoms with van der Waals surface area (Å²) in [5.41, 5.74) is 0.440. The molecule has 0 aliphatic heterocycles. The minimum Gasteiger partial charge on any atom is -0.476 e. The second kappa shape index (κ2) is 5.62. The van der Waals surface area contributed by atoms with Crippen molar-refractivity contribution >= 4 is 38.9 Å². The second-order valence-electron chi connectivity index (χ2n) is 3.55. The van der Waals surface area contributed by atoms with E-state index < -0.39 is 17.6 Å². The van der Waals surface area contributed by atoms with E-state index in [0.29, 0.717) is 5.69 Å². The molecule has 0 atom stereocenters. The van der Waals surface area contributed by atoms with Crippen LogP contribution in [0.4, 0.5) is 14.5 Å². The Kier molecular flexibility index (Phi) is 4.11. The van der Waals surface area contributed by atoms with Gasteiger partial charge in [0.25, 0.3) is 0 Å². The number of rotatable bonds is 4. The van der Waals surface area contributed by atoms with E-state index >= 15 is 0 Å². The van der Waals surface area contributed by atoms with E-state index in [1.807, 2.05) is 0 Å². The lowest BCUT2D eigenvalue weighted by Crippen LogP contribution is -2.03. The fourth-order valence-electron chi connectivity index (χ4n) is 1.33. The molecule has 100 valence electrons. The van der Waals surface area contributed by atoms with Gasteiger partial charge in [-0.15, -0.1) is 11.3 Å². The summed E-state index contributed by atoms with van der Waals surface area (Å²) < 4.78 is 26.8. The van der Waals surface area contributed by atoms with Crippen LogP contribution < -0.4 is 5.32 Å². The predicted molar refractivity (Wildman–Crippen MR) is 70.5 cm³/mol. The van der Waals surface area contributed by atoms with Gasteiger partial charge in [-0.25, -0.2) is 18.6 Å². The van der Waals surface area contributed by atoms with Gasteiger partial charge in [-0.2, -0.15) is 0 Å². The summed E-state index contributed by atoms with van der Waals surface area (Å²) in [5.74, 6) is -2.31. The van der Waals surface area contributed by atoms with Gasteiger partial charge in [-0.1, -0.05) is 0 Å². The summed E-state index contributed by atoms with van der Waals surface area (Å²) in [7, 11) is 0. The molecule has 2 rings (SSSR count). The Labute approximate surface area is 119 Å². The molecule has 0 unspecified atom stereocenters. The summed E-state index contributed by atoms with van der Waals surface area (Å²) in [4.78, 5) is 14.5. The van der Waals surface area contributed by atoms with Gasteiger partial charge < -0.3 is 10.4 Å². The summed E-state index contributed by atoms with van der Waals surface area (Å²) in [6.45, 7) is 0.113. The largest absolute Gasteiger partial charge is 0.476 e. The molecule has 4 nitrogen and oxygen atoms in total. The average Bonchev–Trinajstić information content (AvgIpc) is 2.81. The van der Waals surface area contributed by atoms with Crippen molar-refractivity contribution in [1.82, 2.24) is 4.98 Å². The van der Waals surface area contributed by atoms with Gasteiger partial charge in [0.1, 0.15) is 11.6 Å². The molecule has 1 aromatic heterocycles. The van der Waals surface area contributed by atoms with E-state index in [2.05, 4.69) is 26.2 Å². The number of carboxylic acid groups (broad SMARTS) is 1. The first-order chi connectivity index (χ1) is 8.97. The molecular weight excluding hydrogens is 342 g/mol. The summed E-state index contributed by atoms with van der Waals surface area (Å²) in [6, 6.07) is 2.03. The first-order valence-electron chi connectivity index (χ1n) is 5.03. The molecule has 0 aliphatic carbocycles. The van der Waals surface area contributed by atoms with E-state index in [9.17, 15) is 13.6 Å². The number of halogens is 3. The SMILES string of the molecule is O=C(O)c1nc(CNc2cc(F)c(Br)cc2F)cs1. The smallest absolute Gasteiger partial charge is 0.365 e. The van der Waals surface area contributed by atoms with Crippen molar-refractivity contribution in [1.29, 1.82) is 0 Å². The van der Waals surface area contributed by atoms with Crippen LogP contribution in [0.15, 0.2) is 22.0 Å². The lowest BCUT2D eigenvalue weighted by molar-refractivity contribution is 0.0696. The maximum absolute atomic E-state index is 13.5. The van der Waals surface area contributed by atoms with Crippen LogP contribution in [0.5, 0.6) is 0 Å². The molecule has 0 spiro atoms. The fourth-order valence-corrected chi connectivity index (χ4v) is 2.30. The van der Waals surface area contributed by atoms with Crippen LogP contribution in [0.3, 0.4) is 0 Å². The third kappa shape index (κ3) is 3.27. The van der Waals surface area contributed by atoms with Crippen molar-refractivity contribution in [2.24, 2.45) is 0 Å². The van der Waals surface area contributed by atoms with Crippen molar-refractivity contribution < 1.29 is 18.7 Å². The number of carbonyl (C=O) groups is 1. The van der Waals surface area contributed by atoms with Crippen molar-refractivity contribution in [2.45, 2.75) is 6.54 Å². The maximum Gasteiger partial charge on any atom is 0.365 e. The first kappa shape index (κ1) is 13.9. The lowest BCUT2D eigenvalue weighted by Gasteiger charge is -2.06. The van der Waals surface area contributed by atoms with Crippen LogP contribution in [0.25, 0.3) is 0 Å². The molecule has 8 heteroatoms. The van der Waals surface area contributed by atoms with Gasteiger partial charge in [0, 0.05) is 11.4 Å². The minimum absolute atomic E-state index is 0.00873. The molecule has 0 saturated heterocycles. The van der Waals surface area contributed by atoms with Crippen molar-refractivity contribution in [2.75, 3.05) is 5.32 Å². The van der Waals surface area contributed by atoms with Crippen molar-refractivity contribution in [3.8, 4) is 0 Å². The van der Waals surface area contributed by atoms with Gasteiger partial charge in [-0.3, -0.25) is 0 Å². The van der Waals surface area contributed by atoms with Gasteiger partial charge in [-0.05, 0) is 22.0 Å². The van der Waals surface area contributed by atoms with Crippen LogP contribution in [0.2, 0.25) is 0 Å². The Bertz CT molecular complexity index is 633. The van der Waals surface area contributed by atoms with Crippen molar-refractivity contribution in [3.05, 3.63) is 44.3 Å². The number of hydrogen-bond acceptors (Lipinski definition) is 4. The van der Waals surface area contributed by atoms with E-state index in [1.54, 1.807) is 5.38 Å². The first-order valence-corrected chi connectivity index (χ1v) is 6.70. The third-order valence-corrected chi connectivity index (χ3v) is 3.69. The zero-order valence-electron chi connectivity index (χ0n) is 9.28. The fraction of sp³-hybridized carbons (Fsp3) is 0.0909. The van der Waals surface area contributed by atoms with Gasteiger partial charge in [0.2, 0.25) is 5.01 Å². The summed E-state index contributed by atoms with van der Waals surface area (Å²) in [5, 5.41) is 12.9. The van der Waals surface area contributed by atoms with Crippen LogP contribution in [0.1, 0.15) is 15.5 Å². The van der Waals surface area contributed by atoms with E-state index in [-0.39, 0.29) is 21.7 Å². The van der Waals surface area contributed by atoms with E-state index in [1.165, 1.54) is 0 Å². The molecule has 0 amide bonds. The molecule has 0 radical (unpaired) electrons. The molecular formula is C11H7BrF2N2O2S. The summed E-state index contributed by atoms with van der Waals surface area (Å²) >= 11 is 3.85. The van der Waals surface area contributed by atoms with Crippen LogP contribution in [-0.4, -0.2) is 16.1 Å². The maximum atomic E-state index is 13.5. The van der Waals surface area contributed by atoms with Gasteiger partial charge in [0.05, 0.1) is 22.4 Å². The summed E-state index contributed by atoms with van der Waals surface area (Å²) in [6.07, 6.45) is 0. The number of anilines is 1. The molecule has 0 fully saturated rings. The normalized spacial score (nSPS) is 10.5. The average molecular weight is 349 g/mol. The quantitative estimate of drug-likeness (QED) is 0.830. The lowest BCUT2D eigenvalue weighted by atomic mass is 10.3. The Hall–Kier alpha value is -1.54. The number of benzene rings is 1. The highest BCUT2D eigenvalue weighted by molar-refractivity contribution is 9.10. The zero-order chi connectivity index (χ0) is 14.0. The number of hydrogen-bond donors (Lipinski definition) is 2. The number of aromatic carboxylic acids is 1. The number of aromatic nitrogens is 1. The molecule has 0 saturated carbocycles. The molecule has 2 aromatic rings. The standard InChI is InChI=1S/C11H7BrF2N2O2S/c12-6-1-8(14)9(2-7(6)13)15-3-5-4-19-10(16-5)11(17)18/h1-2,4,15H,3H2,(H,17,18). The molecule has 1 heterocycles. The number of carboxylic acids is 1. The molecule has 1 aromatic carbocycles. The Morgan fingerprint density at radius 3 is 2.79 bits per heavy atom. The second-order valence-corrected chi connectivity index (χ2v) is 5.26. The monoisotopic (exact) mass is 348 g/mol. The van der Waals surface area contributed by atoms with Crippen molar-refractivity contribution in [3.63, 3.8) is 0 Å². The Morgan fingerprint density at radius 1 is 1.42 bits per heavy atom. The zero-order valence-corrected chi connectivity index (χ0v) is 11.7. The third-order valence-electron chi connectivity index (χ3n) is 2.20. The van der Waals surface area contributed by atoms with Gasteiger partial charge in [0.15, 0.2) is 0 Å². The van der Waals surface area contributed by atoms with Crippen LogP contribution in [0, 0.1) is 11.6 Å². The van der Waals surface area contributed by atoms with E-state index in [4.69, 9.17) is 5.11 Å². The number of nitrogens with one attached hydrogen (secondary N) is 1. The minimum atomic E-state index is -1.11. The van der Waals surface area contributed by atoms with Crippen LogP contribution >= 0.6 is 27.3 Å². The van der Waals surface area contributed by atoms with Gasteiger partial charge >= 0.3 is 5.97 Å². The van der Waals surface area contributed by atoms with E-state index in [0.717, 1.165) is 23.5 Å². The molecule has 19 heavy (non-hydrogen) atoms. The predicted octanol–water partition coefficient (Wildman–Crippen LogP) is 3.49. The highest BCUT2D eigenvalue weighted by atomic mass is 79.9. The Morgan fingerprint density at radius 2 is 2.16 bits per heavy atom. The molecule has 2 N–H and O–H groups in total. The molecule has 0 bridgehead atoms. The Balaban J connectivity index is 2.09. The topological polar surface area (TPSA) is 62.2 Å². The number of thiazole rings is 1. The highest BCUT2D eigenvalue weighted by Crippen LogP contribution is 2.23. The van der Waals surface area contributed by atoms with Crippen LogP contribution in [-0.2, 0) is 6.54 Å². The number of nitrogens with zero attached hydrogens (tertiary/aromatic N) is 1. The highest BCUT2D eigenvalue weighted by Gasteiger charge is 2.11.